The second-order valence-corrected chi connectivity index (χ2v) is 7.43. The predicted molar refractivity (Wildman–Crippen MR) is 92.2 cm³/mol. The Bertz CT molecular complexity index is 411. The Morgan fingerprint density at radius 2 is 1.70 bits per heavy atom. The Morgan fingerprint density at radius 1 is 1.15 bits per heavy atom. The highest BCUT2D eigenvalue weighted by Crippen LogP contribution is 2.29. The van der Waals surface area contributed by atoms with Gasteiger partial charge in [-0.25, -0.2) is 0 Å². The molecule has 0 aromatic heterocycles. The number of nitrogens with two attached hydrogens (primary N) is 1. The minimum Gasteiger partial charge on any atom is -0.329 e. The van der Waals surface area contributed by atoms with Crippen LogP contribution in [0.3, 0.4) is 0 Å². The van der Waals surface area contributed by atoms with Crippen LogP contribution < -0.4 is 5.73 Å². The molecule has 0 heterocycles. The molecule has 0 amide bonds. The van der Waals surface area contributed by atoms with Gasteiger partial charge in [0.05, 0.1) is 5.02 Å². The highest BCUT2D eigenvalue weighted by Gasteiger charge is 2.21. The molecule has 0 radical (unpaired) electrons. The summed E-state index contributed by atoms with van der Waals surface area (Å²) in [6, 6.07) is 6.37. The largest absolute Gasteiger partial charge is 0.329 e. The lowest BCUT2D eigenvalue weighted by molar-refractivity contribution is 0.160. The zero-order chi connectivity index (χ0) is 15.3. The second-order valence-electron chi connectivity index (χ2n) is 6.17. The normalized spacial score (nSPS) is 13.5. The Hall–Kier alpha value is -0.0900. The zero-order valence-electron chi connectivity index (χ0n) is 12.9. The summed E-state index contributed by atoms with van der Waals surface area (Å²) in [4.78, 5) is 2.48. The topological polar surface area (TPSA) is 29.3 Å². The predicted octanol–water partition coefficient (Wildman–Crippen LogP) is 4.72. The maximum absolute atomic E-state index is 6.22. The van der Waals surface area contributed by atoms with Crippen molar-refractivity contribution in [3.63, 3.8) is 0 Å². The second kappa shape index (κ2) is 8.38. The van der Waals surface area contributed by atoms with Crippen LogP contribution in [-0.4, -0.2) is 24.5 Å². The van der Waals surface area contributed by atoms with E-state index in [4.69, 9.17) is 17.3 Å². The molecule has 2 nitrogen and oxygen atoms in total. The lowest BCUT2D eigenvalue weighted by atomic mass is 10.0. The van der Waals surface area contributed by atoms with Gasteiger partial charge >= 0.3 is 0 Å². The molecule has 0 aliphatic heterocycles. The number of hydrogen-bond acceptors (Lipinski definition) is 2. The fourth-order valence-corrected chi connectivity index (χ4v) is 2.92. The van der Waals surface area contributed by atoms with Gasteiger partial charge in [-0.2, -0.15) is 0 Å². The Morgan fingerprint density at radius 3 is 2.10 bits per heavy atom. The average molecular weight is 362 g/mol. The molecule has 0 saturated carbocycles. The number of halogens is 2. The molecule has 1 atom stereocenters. The highest BCUT2D eigenvalue weighted by atomic mass is 79.9. The van der Waals surface area contributed by atoms with Gasteiger partial charge in [-0.05, 0) is 45.5 Å². The molecule has 0 spiro atoms. The number of rotatable bonds is 7. The Balaban J connectivity index is 3.01. The van der Waals surface area contributed by atoms with Crippen LogP contribution in [0.1, 0.15) is 39.3 Å². The molecule has 20 heavy (non-hydrogen) atoms. The van der Waals surface area contributed by atoms with Crippen molar-refractivity contribution in [3.8, 4) is 0 Å². The van der Waals surface area contributed by atoms with Gasteiger partial charge < -0.3 is 5.73 Å². The zero-order valence-corrected chi connectivity index (χ0v) is 15.2. The average Bonchev–Trinajstić information content (AvgIpc) is 2.33. The molecule has 1 aromatic rings. The monoisotopic (exact) mass is 360 g/mol. The molecular weight excluding hydrogens is 336 g/mol. The van der Waals surface area contributed by atoms with E-state index in [-0.39, 0.29) is 6.04 Å². The van der Waals surface area contributed by atoms with Crippen LogP contribution >= 0.6 is 27.5 Å². The van der Waals surface area contributed by atoms with E-state index in [2.05, 4.69) is 54.6 Å². The quantitative estimate of drug-likeness (QED) is 0.761. The molecule has 1 unspecified atom stereocenters. The number of hydrogen-bond donors (Lipinski definition) is 1. The van der Waals surface area contributed by atoms with Crippen molar-refractivity contribution in [2.45, 2.75) is 33.7 Å². The molecule has 0 aliphatic carbocycles. The highest BCUT2D eigenvalue weighted by molar-refractivity contribution is 9.10. The summed E-state index contributed by atoms with van der Waals surface area (Å²) in [5.74, 6) is 1.24. The van der Waals surface area contributed by atoms with Crippen LogP contribution in [0, 0.1) is 11.8 Å². The van der Waals surface area contributed by atoms with Crippen molar-refractivity contribution in [1.29, 1.82) is 0 Å². The molecule has 114 valence electrons. The van der Waals surface area contributed by atoms with E-state index in [1.54, 1.807) is 0 Å². The van der Waals surface area contributed by atoms with Crippen molar-refractivity contribution in [2.75, 3.05) is 19.6 Å². The van der Waals surface area contributed by atoms with E-state index < -0.39 is 0 Å². The Kier molecular flexibility index (Phi) is 7.52. The van der Waals surface area contributed by atoms with E-state index in [0.717, 1.165) is 22.6 Å². The van der Waals surface area contributed by atoms with Gasteiger partial charge in [0.15, 0.2) is 0 Å². The SMILES string of the molecule is CC(C)CN(CC(C)C)C(CN)c1ccc(Br)c(Cl)c1. The van der Waals surface area contributed by atoms with E-state index in [9.17, 15) is 0 Å². The molecule has 0 bridgehead atoms. The minimum atomic E-state index is 0.227. The summed E-state index contributed by atoms with van der Waals surface area (Å²) < 4.78 is 0.929. The lowest BCUT2D eigenvalue weighted by Gasteiger charge is -2.34. The summed E-state index contributed by atoms with van der Waals surface area (Å²) >= 11 is 9.67. The molecule has 1 aromatic carbocycles. The first-order chi connectivity index (χ1) is 9.35. The summed E-state index contributed by atoms with van der Waals surface area (Å²) in [5.41, 5.74) is 7.25. The standard InChI is InChI=1S/C16H26BrClN2/c1-11(2)9-20(10-12(3)4)16(8-19)13-5-6-14(17)15(18)7-13/h5-7,11-12,16H,8-10,19H2,1-4H3. The third kappa shape index (κ3) is 5.36. The van der Waals surface area contributed by atoms with Gasteiger partial charge in [0, 0.05) is 30.1 Å². The molecule has 0 aliphatic rings. The van der Waals surface area contributed by atoms with Crippen molar-refractivity contribution >= 4 is 27.5 Å². The van der Waals surface area contributed by atoms with E-state index >= 15 is 0 Å². The van der Waals surface area contributed by atoms with Gasteiger partial charge in [-0.3, -0.25) is 4.90 Å². The maximum atomic E-state index is 6.22. The molecule has 0 fully saturated rings. The van der Waals surface area contributed by atoms with Crippen LogP contribution in [-0.2, 0) is 0 Å². The van der Waals surface area contributed by atoms with Crippen LogP contribution in [0.5, 0.6) is 0 Å². The number of nitrogens with zero attached hydrogens (tertiary/aromatic N) is 1. The lowest BCUT2D eigenvalue weighted by Crippen LogP contribution is -2.38. The van der Waals surface area contributed by atoms with Crippen LogP contribution in [0.15, 0.2) is 22.7 Å². The van der Waals surface area contributed by atoms with Crippen molar-refractivity contribution < 1.29 is 0 Å². The van der Waals surface area contributed by atoms with Crippen molar-refractivity contribution in [1.82, 2.24) is 4.90 Å². The van der Waals surface area contributed by atoms with Gasteiger partial charge in [0.1, 0.15) is 0 Å². The van der Waals surface area contributed by atoms with E-state index in [1.165, 1.54) is 5.56 Å². The van der Waals surface area contributed by atoms with Crippen LogP contribution in [0.2, 0.25) is 5.02 Å². The first kappa shape index (κ1) is 18.0. The number of benzene rings is 1. The van der Waals surface area contributed by atoms with Gasteiger partial charge in [0.2, 0.25) is 0 Å². The van der Waals surface area contributed by atoms with E-state index in [1.807, 2.05) is 12.1 Å². The fourth-order valence-electron chi connectivity index (χ4n) is 2.48. The smallest absolute Gasteiger partial charge is 0.0551 e. The van der Waals surface area contributed by atoms with Crippen LogP contribution in [0.4, 0.5) is 0 Å². The summed E-state index contributed by atoms with van der Waals surface area (Å²) in [5, 5.41) is 0.745. The summed E-state index contributed by atoms with van der Waals surface area (Å²) in [7, 11) is 0. The van der Waals surface area contributed by atoms with Crippen molar-refractivity contribution in [3.05, 3.63) is 33.3 Å². The fraction of sp³-hybridized carbons (Fsp3) is 0.625. The van der Waals surface area contributed by atoms with Gasteiger partial charge in [0.25, 0.3) is 0 Å². The van der Waals surface area contributed by atoms with E-state index in [0.29, 0.717) is 18.4 Å². The molecular formula is C16H26BrClN2. The maximum Gasteiger partial charge on any atom is 0.0551 e. The third-order valence-corrected chi connectivity index (χ3v) is 4.42. The molecule has 1 rings (SSSR count). The Labute approximate surface area is 136 Å². The van der Waals surface area contributed by atoms with Crippen LogP contribution in [0.25, 0.3) is 0 Å². The van der Waals surface area contributed by atoms with Gasteiger partial charge in [-0.1, -0.05) is 45.4 Å². The minimum absolute atomic E-state index is 0.227. The van der Waals surface area contributed by atoms with Gasteiger partial charge in [-0.15, -0.1) is 0 Å². The molecule has 0 saturated heterocycles. The van der Waals surface area contributed by atoms with Crippen molar-refractivity contribution in [2.24, 2.45) is 17.6 Å². The first-order valence-corrected chi connectivity index (χ1v) is 8.41. The summed E-state index contributed by atoms with van der Waals surface area (Å²) in [6.45, 7) is 11.7. The third-order valence-electron chi connectivity index (χ3n) is 3.19. The molecule has 2 N–H and O–H groups in total. The first-order valence-electron chi connectivity index (χ1n) is 7.24. The summed E-state index contributed by atoms with van der Waals surface area (Å²) in [6.07, 6.45) is 0. The molecule has 4 heteroatoms.